The molecule has 0 unspecified atom stereocenters. The quantitative estimate of drug-likeness (QED) is 0.868. The average molecular weight is 384 g/mol. The van der Waals surface area contributed by atoms with E-state index in [1.54, 1.807) is 12.1 Å². The van der Waals surface area contributed by atoms with E-state index in [0.717, 1.165) is 17.0 Å². The summed E-state index contributed by atoms with van der Waals surface area (Å²) in [6, 6.07) is 6.14. The van der Waals surface area contributed by atoms with E-state index in [1.807, 2.05) is 4.90 Å². The van der Waals surface area contributed by atoms with Gasteiger partial charge in [-0.3, -0.25) is 4.79 Å². The second-order valence-corrected chi connectivity index (χ2v) is 8.73. The van der Waals surface area contributed by atoms with E-state index in [-0.39, 0.29) is 21.1 Å². The number of thiazole rings is 1. The Balaban J connectivity index is 1.68. The number of nitrogens with zero attached hydrogens (tertiary/aromatic N) is 3. The van der Waals surface area contributed by atoms with Crippen molar-refractivity contribution in [3.8, 4) is 0 Å². The maximum Gasteiger partial charge on any atom is 0.254 e. The number of benzene rings is 1. The fourth-order valence-electron chi connectivity index (χ4n) is 2.55. The summed E-state index contributed by atoms with van der Waals surface area (Å²) in [6.07, 6.45) is 1.26. The lowest BCUT2D eigenvalue weighted by Crippen LogP contribution is -2.48. The van der Waals surface area contributed by atoms with E-state index in [4.69, 9.17) is 0 Å². The van der Waals surface area contributed by atoms with Crippen LogP contribution in [0.15, 0.2) is 34.7 Å². The van der Waals surface area contributed by atoms with Crippen LogP contribution < -0.4 is 10.2 Å². The predicted molar refractivity (Wildman–Crippen MR) is 93.8 cm³/mol. The number of carbonyl (C=O) groups excluding carboxylic acids is 1. The smallest absolute Gasteiger partial charge is 0.254 e. The second kappa shape index (κ2) is 7.06. The van der Waals surface area contributed by atoms with Gasteiger partial charge in [0.1, 0.15) is 5.82 Å². The third kappa shape index (κ3) is 3.97. The van der Waals surface area contributed by atoms with Crippen molar-refractivity contribution in [2.24, 2.45) is 0 Å². The Labute approximate surface area is 149 Å². The number of piperazine rings is 1. The number of amides is 1. The molecule has 1 aliphatic rings. The zero-order valence-electron chi connectivity index (χ0n) is 13.5. The Morgan fingerprint density at radius 2 is 1.84 bits per heavy atom. The number of nitrogens with one attached hydrogen (secondary N) is 1. The van der Waals surface area contributed by atoms with E-state index in [1.165, 1.54) is 29.6 Å². The molecule has 3 rings (SSSR count). The molecule has 0 aliphatic carbocycles. The first-order valence-corrected chi connectivity index (χ1v) is 9.86. The molecule has 0 bridgehead atoms. The molecule has 2 heterocycles. The molecule has 0 radical (unpaired) electrons. The molecule has 7 nitrogen and oxygen atoms in total. The minimum atomic E-state index is -3.64. The third-order valence-corrected chi connectivity index (χ3v) is 7.04. The highest BCUT2D eigenvalue weighted by Crippen LogP contribution is 2.27. The Kier molecular flexibility index (Phi) is 5.02. The van der Waals surface area contributed by atoms with E-state index < -0.39 is 10.0 Å². The van der Waals surface area contributed by atoms with Crippen LogP contribution in [0.1, 0.15) is 6.92 Å². The zero-order valence-corrected chi connectivity index (χ0v) is 15.1. The van der Waals surface area contributed by atoms with Gasteiger partial charge in [-0.25, -0.2) is 17.8 Å². The lowest BCUT2D eigenvalue weighted by atomic mass is 10.2. The fraction of sp³-hybridized carbons (Fsp3) is 0.333. The minimum Gasteiger partial charge on any atom is -0.369 e. The number of hydrogen-bond acceptors (Lipinski definition) is 6. The summed E-state index contributed by atoms with van der Waals surface area (Å²) in [5.74, 6) is -0.601. The summed E-state index contributed by atoms with van der Waals surface area (Å²) >= 11 is 0.933. The van der Waals surface area contributed by atoms with E-state index >= 15 is 0 Å². The van der Waals surface area contributed by atoms with Crippen molar-refractivity contribution >= 4 is 38.1 Å². The van der Waals surface area contributed by atoms with Crippen LogP contribution in [0.2, 0.25) is 0 Å². The van der Waals surface area contributed by atoms with Gasteiger partial charge < -0.3 is 10.2 Å². The molecule has 25 heavy (non-hydrogen) atoms. The minimum absolute atomic E-state index is 0.103. The van der Waals surface area contributed by atoms with Gasteiger partial charge in [0, 0.05) is 38.8 Å². The first kappa shape index (κ1) is 17.8. The number of sulfonamides is 1. The lowest BCUT2D eigenvalue weighted by molar-refractivity contribution is -0.114. The molecule has 1 fully saturated rings. The number of hydrogen-bond donors (Lipinski definition) is 1. The molecule has 1 aromatic carbocycles. The van der Waals surface area contributed by atoms with Crippen LogP contribution in [-0.2, 0) is 14.8 Å². The fourth-order valence-corrected chi connectivity index (χ4v) is 5.21. The van der Waals surface area contributed by atoms with Crippen LogP contribution in [0, 0.1) is 5.82 Å². The lowest BCUT2D eigenvalue weighted by Gasteiger charge is -2.35. The molecule has 1 amide bonds. The van der Waals surface area contributed by atoms with Crippen molar-refractivity contribution in [1.29, 1.82) is 0 Å². The van der Waals surface area contributed by atoms with Gasteiger partial charge in [-0.1, -0.05) is 11.3 Å². The Bertz CT molecular complexity index is 859. The molecule has 1 N–H and O–H groups in total. The second-order valence-electron chi connectivity index (χ2n) is 5.53. The summed E-state index contributed by atoms with van der Waals surface area (Å²) in [4.78, 5) is 17.0. The largest absolute Gasteiger partial charge is 0.369 e. The molecular weight excluding hydrogens is 367 g/mol. The van der Waals surface area contributed by atoms with Crippen LogP contribution in [0.3, 0.4) is 0 Å². The van der Waals surface area contributed by atoms with E-state index in [9.17, 15) is 17.6 Å². The van der Waals surface area contributed by atoms with Crippen LogP contribution in [0.25, 0.3) is 0 Å². The standard InChI is InChI=1S/C15H17FN4O3S2/c1-11(21)18-15-17-10-14(24-15)25(22,23)20-8-6-19(7-9-20)13-4-2-12(16)3-5-13/h2-5,10H,6-9H2,1H3,(H,17,18,21). The number of rotatable bonds is 4. The summed E-state index contributed by atoms with van der Waals surface area (Å²) in [7, 11) is -3.64. The molecule has 0 atom stereocenters. The molecular formula is C15H17FN4O3S2. The molecule has 1 aromatic heterocycles. The maximum absolute atomic E-state index is 13.0. The summed E-state index contributed by atoms with van der Waals surface area (Å²) in [5, 5.41) is 2.74. The highest BCUT2D eigenvalue weighted by atomic mass is 32.2. The molecule has 0 saturated carbocycles. The monoisotopic (exact) mass is 384 g/mol. The van der Waals surface area contributed by atoms with Crippen LogP contribution in [0.4, 0.5) is 15.2 Å². The first-order valence-electron chi connectivity index (χ1n) is 7.60. The normalized spacial score (nSPS) is 16.0. The van der Waals surface area contributed by atoms with Crippen molar-refractivity contribution < 1.29 is 17.6 Å². The van der Waals surface area contributed by atoms with Gasteiger partial charge in [-0.2, -0.15) is 4.31 Å². The highest BCUT2D eigenvalue weighted by Gasteiger charge is 2.30. The molecule has 1 aliphatic heterocycles. The number of aromatic nitrogens is 1. The summed E-state index contributed by atoms with van der Waals surface area (Å²) in [5.41, 5.74) is 0.865. The number of halogens is 1. The van der Waals surface area contributed by atoms with Crippen molar-refractivity contribution in [3.05, 3.63) is 36.3 Å². The van der Waals surface area contributed by atoms with Gasteiger partial charge in [0.25, 0.3) is 10.0 Å². The Morgan fingerprint density at radius 3 is 2.44 bits per heavy atom. The average Bonchev–Trinajstić information content (AvgIpc) is 3.04. The number of carbonyl (C=O) groups is 1. The zero-order chi connectivity index (χ0) is 18.0. The van der Waals surface area contributed by atoms with Gasteiger partial charge in [0.05, 0.1) is 6.20 Å². The van der Waals surface area contributed by atoms with Crippen molar-refractivity contribution in [3.63, 3.8) is 0 Å². The van der Waals surface area contributed by atoms with Gasteiger partial charge >= 0.3 is 0 Å². The van der Waals surface area contributed by atoms with Crippen molar-refractivity contribution in [2.75, 3.05) is 36.4 Å². The first-order chi connectivity index (χ1) is 11.9. The number of anilines is 2. The van der Waals surface area contributed by atoms with Crippen molar-refractivity contribution in [1.82, 2.24) is 9.29 Å². The predicted octanol–water partition coefficient (Wildman–Crippen LogP) is 1.75. The topological polar surface area (TPSA) is 82.6 Å². The Morgan fingerprint density at radius 1 is 1.20 bits per heavy atom. The summed E-state index contributed by atoms with van der Waals surface area (Å²) in [6.45, 7) is 3.02. The van der Waals surface area contributed by atoms with Crippen LogP contribution in [-0.4, -0.2) is 49.8 Å². The van der Waals surface area contributed by atoms with Gasteiger partial charge in [-0.15, -0.1) is 0 Å². The van der Waals surface area contributed by atoms with Gasteiger partial charge in [0.15, 0.2) is 9.34 Å². The van der Waals surface area contributed by atoms with Gasteiger partial charge in [0.2, 0.25) is 5.91 Å². The van der Waals surface area contributed by atoms with Crippen LogP contribution in [0.5, 0.6) is 0 Å². The summed E-state index contributed by atoms with van der Waals surface area (Å²) < 4.78 is 39.9. The highest BCUT2D eigenvalue weighted by molar-refractivity contribution is 7.91. The molecule has 134 valence electrons. The van der Waals surface area contributed by atoms with Crippen molar-refractivity contribution in [2.45, 2.75) is 11.1 Å². The van der Waals surface area contributed by atoms with Crippen LogP contribution >= 0.6 is 11.3 Å². The maximum atomic E-state index is 13.0. The SMILES string of the molecule is CC(=O)Nc1ncc(S(=O)(=O)N2CCN(c3ccc(F)cc3)CC2)s1. The Hall–Kier alpha value is -2.04. The van der Waals surface area contributed by atoms with Gasteiger partial charge in [-0.05, 0) is 24.3 Å². The van der Waals surface area contributed by atoms with E-state index in [0.29, 0.717) is 26.2 Å². The van der Waals surface area contributed by atoms with E-state index in [2.05, 4.69) is 10.3 Å². The third-order valence-electron chi connectivity index (χ3n) is 3.79. The molecule has 1 saturated heterocycles. The molecule has 2 aromatic rings. The molecule has 0 spiro atoms. The molecule has 10 heteroatoms.